The Morgan fingerprint density at radius 3 is 2.45 bits per heavy atom. The highest BCUT2D eigenvalue weighted by molar-refractivity contribution is 5.46. The lowest BCUT2D eigenvalue weighted by atomic mass is 10.1. The maximum absolute atomic E-state index is 5.62. The summed E-state index contributed by atoms with van der Waals surface area (Å²) in [7, 11) is 0. The zero-order valence-electron chi connectivity index (χ0n) is 12.9. The first kappa shape index (κ1) is 18.8. The Balaban J connectivity index is 0.00000361. The van der Waals surface area contributed by atoms with Gasteiger partial charge in [-0.15, -0.1) is 0 Å². The summed E-state index contributed by atoms with van der Waals surface area (Å²) in [6, 6.07) is 0. The van der Waals surface area contributed by atoms with Gasteiger partial charge >= 0.3 is 0 Å². The zero-order chi connectivity index (χ0) is 13.9. The van der Waals surface area contributed by atoms with Crippen LogP contribution in [0.4, 0.5) is 5.69 Å². The Morgan fingerprint density at radius 2 is 1.80 bits per heavy atom. The molecular weight excluding hydrogens is 252 g/mol. The number of nitrogens with zero attached hydrogens (tertiary/aromatic N) is 2. The van der Waals surface area contributed by atoms with Crippen molar-refractivity contribution in [3.05, 3.63) is 17.7 Å². The standard InChI is InChI=1S/C15H28N4.H2O/c1-3-5-7-9-13-14(17-10-8-6-4-2)12-18-15(11-16)19-13;/h12,17H,3-11,16H2,1-2H3;1H2. The Bertz CT molecular complexity index is 358. The maximum atomic E-state index is 5.62. The summed E-state index contributed by atoms with van der Waals surface area (Å²) in [6.07, 6.45) is 10.3. The molecule has 0 radical (unpaired) electrons. The normalized spacial score (nSPS) is 10.2. The molecule has 0 atom stereocenters. The highest BCUT2D eigenvalue weighted by Crippen LogP contribution is 2.15. The molecule has 0 saturated carbocycles. The highest BCUT2D eigenvalue weighted by Gasteiger charge is 2.06. The first-order valence-corrected chi connectivity index (χ1v) is 7.60. The minimum Gasteiger partial charge on any atom is -0.412 e. The fourth-order valence-corrected chi connectivity index (χ4v) is 2.04. The molecule has 1 aromatic rings. The van der Waals surface area contributed by atoms with E-state index < -0.39 is 0 Å². The predicted octanol–water partition coefficient (Wildman–Crippen LogP) is 2.45. The van der Waals surface area contributed by atoms with E-state index in [9.17, 15) is 0 Å². The Morgan fingerprint density at radius 1 is 1.10 bits per heavy atom. The van der Waals surface area contributed by atoms with Crippen molar-refractivity contribution in [1.82, 2.24) is 9.97 Å². The molecule has 20 heavy (non-hydrogen) atoms. The molecule has 0 unspecified atom stereocenters. The second kappa shape index (κ2) is 11.6. The molecule has 0 aliphatic rings. The Hall–Kier alpha value is -1.20. The van der Waals surface area contributed by atoms with E-state index in [-0.39, 0.29) is 5.48 Å². The van der Waals surface area contributed by atoms with Crippen LogP contribution in [0.2, 0.25) is 0 Å². The van der Waals surface area contributed by atoms with Gasteiger partial charge in [0.2, 0.25) is 0 Å². The summed E-state index contributed by atoms with van der Waals surface area (Å²) in [5.41, 5.74) is 7.83. The molecule has 0 bridgehead atoms. The van der Waals surface area contributed by atoms with E-state index in [1.807, 2.05) is 6.20 Å². The van der Waals surface area contributed by atoms with Crippen molar-refractivity contribution < 1.29 is 5.48 Å². The van der Waals surface area contributed by atoms with Crippen molar-refractivity contribution in [3.63, 3.8) is 0 Å². The van der Waals surface area contributed by atoms with Crippen molar-refractivity contribution in [2.45, 2.75) is 65.3 Å². The van der Waals surface area contributed by atoms with E-state index in [2.05, 4.69) is 29.1 Å². The summed E-state index contributed by atoms with van der Waals surface area (Å²) < 4.78 is 0. The van der Waals surface area contributed by atoms with Gasteiger partial charge in [0.25, 0.3) is 0 Å². The molecule has 5 N–H and O–H groups in total. The van der Waals surface area contributed by atoms with Gasteiger partial charge in [0.15, 0.2) is 0 Å². The molecule has 1 heterocycles. The van der Waals surface area contributed by atoms with Crippen molar-refractivity contribution in [2.24, 2.45) is 5.73 Å². The molecule has 1 aromatic heterocycles. The summed E-state index contributed by atoms with van der Waals surface area (Å²) in [5, 5.41) is 3.46. The second-order valence-electron chi connectivity index (χ2n) is 4.94. The Labute approximate surface area is 122 Å². The third-order valence-electron chi connectivity index (χ3n) is 3.21. The van der Waals surface area contributed by atoms with Gasteiger partial charge in [-0.05, 0) is 19.3 Å². The summed E-state index contributed by atoms with van der Waals surface area (Å²) >= 11 is 0. The number of hydrogen-bond donors (Lipinski definition) is 2. The number of nitrogens with one attached hydrogen (secondary N) is 1. The van der Waals surface area contributed by atoms with E-state index in [4.69, 9.17) is 5.73 Å². The van der Waals surface area contributed by atoms with Gasteiger partial charge in [-0.2, -0.15) is 0 Å². The van der Waals surface area contributed by atoms with Gasteiger partial charge in [-0.1, -0.05) is 39.5 Å². The number of aryl methyl sites for hydroxylation is 1. The van der Waals surface area contributed by atoms with E-state index in [1.165, 1.54) is 38.5 Å². The Kier molecular flexibility index (Phi) is 10.9. The SMILES string of the molecule is CCCCCNc1cnc(CN)nc1CCCCC.O. The van der Waals surface area contributed by atoms with Crippen LogP contribution in [0.25, 0.3) is 0 Å². The lowest BCUT2D eigenvalue weighted by Gasteiger charge is -2.11. The van der Waals surface area contributed by atoms with Crippen molar-refractivity contribution in [3.8, 4) is 0 Å². The van der Waals surface area contributed by atoms with Gasteiger partial charge in [-0.3, -0.25) is 0 Å². The van der Waals surface area contributed by atoms with Crippen LogP contribution < -0.4 is 11.1 Å². The van der Waals surface area contributed by atoms with Crippen LogP contribution in [0.1, 0.15) is 63.9 Å². The van der Waals surface area contributed by atoms with Crippen LogP contribution in [0.5, 0.6) is 0 Å². The van der Waals surface area contributed by atoms with E-state index >= 15 is 0 Å². The minimum absolute atomic E-state index is 0. The van der Waals surface area contributed by atoms with Crippen molar-refractivity contribution >= 4 is 5.69 Å². The van der Waals surface area contributed by atoms with E-state index in [1.54, 1.807) is 0 Å². The number of unbranched alkanes of at least 4 members (excludes halogenated alkanes) is 4. The maximum Gasteiger partial charge on any atom is 0.142 e. The number of anilines is 1. The number of aromatic nitrogens is 2. The third-order valence-corrected chi connectivity index (χ3v) is 3.21. The van der Waals surface area contributed by atoms with Crippen molar-refractivity contribution in [1.29, 1.82) is 0 Å². The van der Waals surface area contributed by atoms with Gasteiger partial charge in [0.05, 0.1) is 24.1 Å². The molecule has 0 fully saturated rings. The number of rotatable bonds is 10. The van der Waals surface area contributed by atoms with Crippen LogP contribution in [0, 0.1) is 0 Å². The molecular formula is C15H30N4O. The van der Waals surface area contributed by atoms with Crippen LogP contribution in [0.3, 0.4) is 0 Å². The molecule has 116 valence electrons. The predicted molar refractivity (Wildman–Crippen MR) is 84.8 cm³/mol. The molecule has 5 heteroatoms. The van der Waals surface area contributed by atoms with Gasteiger partial charge in [0, 0.05) is 6.54 Å². The van der Waals surface area contributed by atoms with Crippen LogP contribution in [0.15, 0.2) is 6.20 Å². The zero-order valence-corrected chi connectivity index (χ0v) is 12.9. The average Bonchev–Trinajstić information content (AvgIpc) is 2.45. The highest BCUT2D eigenvalue weighted by atomic mass is 16.0. The first-order chi connectivity index (χ1) is 9.31. The number of hydrogen-bond acceptors (Lipinski definition) is 4. The van der Waals surface area contributed by atoms with Crippen molar-refractivity contribution in [2.75, 3.05) is 11.9 Å². The molecule has 1 rings (SSSR count). The summed E-state index contributed by atoms with van der Waals surface area (Å²) in [5.74, 6) is 0.741. The largest absolute Gasteiger partial charge is 0.412 e. The molecule has 0 spiro atoms. The van der Waals surface area contributed by atoms with E-state index in [0.29, 0.717) is 6.54 Å². The average molecular weight is 282 g/mol. The fourth-order valence-electron chi connectivity index (χ4n) is 2.04. The monoisotopic (exact) mass is 282 g/mol. The van der Waals surface area contributed by atoms with E-state index in [0.717, 1.165) is 30.2 Å². The molecule has 5 nitrogen and oxygen atoms in total. The lowest BCUT2D eigenvalue weighted by Crippen LogP contribution is -2.10. The minimum atomic E-state index is 0. The summed E-state index contributed by atoms with van der Waals surface area (Å²) in [4.78, 5) is 8.85. The fraction of sp³-hybridized carbons (Fsp3) is 0.733. The van der Waals surface area contributed by atoms with Gasteiger partial charge in [-0.25, -0.2) is 9.97 Å². The molecule has 0 aliphatic carbocycles. The van der Waals surface area contributed by atoms with Crippen LogP contribution in [-0.4, -0.2) is 22.0 Å². The third kappa shape index (κ3) is 6.82. The topological polar surface area (TPSA) is 95.3 Å². The molecule has 0 aromatic carbocycles. The smallest absolute Gasteiger partial charge is 0.142 e. The molecule has 0 aliphatic heterocycles. The van der Waals surface area contributed by atoms with Gasteiger partial charge in [0.1, 0.15) is 5.82 Å². The first-order valence-electron chi connectivity index (χ1n) is 7.60. The number of nitrogens with two attached hydrogens (primary N) is 1. The quantitative estimate of drug-likeness (QED) is 0.644. The molecule has 0 amide bonds. The van der Waals surface area contributed by atoms with Gasteiger partial charge < -0.3 is 16.5 Å². The van der Waals surface area contributed by atoms with Crippen LogP contribution in [-0.2, 0) is 13.0 Å². The summed E-state index contributed by atoms with van der Waals surface area (Å²) in [6.45, 7) is 5.85. The van der Waals surface area contributed by atoms with Crippen LogP contribution >= 0.6 is 0 Å². The second-order valence-corrected chi connectivity index (χ2v) is 4.94. The molecule has 0 saturated heterocycles. The lowest BCUT2D eigenvalue weighted by molar-refractivity contribution is 0.699.